The van der Waals surface area contributed by atoms with Crippen molar-refractivity contribution in [3.63, 3.8) is 0 Å². The molecule has 1 N–H and O–H groups in total. The Morgan fingerprint density at radius 1 is 1.30 bits per heavy atom. The predicted octanol–water partition coefficient (Wildman–Crippen LogP) is 4.44. The summed E-state index contributed by atoms with van der Waals surface area (Å²) >= 11 is 3.34. The second kappa shape index (κ2) is 9.11. The molecule has 30 heavy (non-hydrogen) atoms. The first-order valence-corrected chi connectivity index (χ1v) is 10.7. The van der Waals surface area contributed by atoms with Crippen molar-refractivity contribution in [2.45, 2.75) is 44.5 Å². The number of alkyl halides is 1. The molecule has 0 aliphatic heterocycles. The number of carbonyl (C=O) groups excluding carboxylic acids is 1. The van der Waals surface area contributed by atoms with Crippen LogP contribution in [-0.2, 0) is 9.53 Å². The first-order chi connectivity index (χ1) is 14.2. The van der Waals surface area contributed by atoms with Crippen LogP contribution in [0.2, 0.25) is 0 Å². The molecule has 9 nitrogen and oxygen atoms in total. The zero-order valence-electron chi connectivity index (χ0n) is 17.3. The summed E-state index contributed by atoms with van der Waals surface area (Å²) in [5.74, 6) is 1.42. The van der Waals surface area contributed by atoms with Gasteiger partial charge in [0, 0.05) is 11.6 Å². The number of methoxy groups -OCH3 is 1. The summed E-state index contributed by atoms with van der Waals surface area (Å²) in [6.07, 6.45) is 1.91. The lowest BCUT2D eigenvalue weighted by atomic mass is 9.75. The molecule has 2 aromatic rings. The van der Waals surface area contributed by atoms with Crippen molar-refractivity contribution in [3.05, 3.63) is 34.1 Å². The van der Waals surface area contributed by atoms with Crippen molar-refractivity contribution in [2.75, 3.05) is 7.11 Å². The van der Waals surface area contributed by atoms with E-state index < -0.39 is 15.7 Å². The van der Waals surface area contributed by atoms with E-state index in [2.05, 4.69) is 51.9 Å². The van der Waals surface area contributed by atoms with Gasteiger partial charge in [0.25, 0.3) is 0 Å². The summed E-state index contributed by atoms with van der Waals surface area (Å²) in [4.78, 5) is 26.9. The number of hydrogen-bond donors (Lipinski definition) is 1. The van der Waals surface area contributed by atoms with Crippen LogP contribution in [0.1, 0.15) is 44.3 Å². The van der Waals surface area contributed by atoms with E-state index in [0.29, 0.717) is 11.5 Å². The standard InChI is InChI=1S/C20H25BrN4O5/c1-10-7-11(2)17(12(3)8-10)30-20(26)16(21)19-22-18(23-24-19)13-5-6-15(29-4)14(9-13)25(27)28/h5-6,9-12,16-17H,7-8H2,1-4H3,(H,22,23,24). The number of nitrogens with one attached hydrogen (secondary N) is 1. The fourth-order valence-corrected chi connectivity index (χ4v) is 4.53. The van der Waals surface area contributed by atoms with E-state index in [0.717, 1.165) is 12.8 Å². The highest BCUT2D eigenvalue weighted by atomic mass is 79.9. The second-order valence-electron chi connectivity index (χ2n) is 7.98. The SMILES string of the molecule is COc1ccc(-c2n[nH]c(C(Br)C(=O)OC3C(C)CC(C)CC3C)n2)cc1[N+](=O)[O-]. The summed E-state index contributed by atoms with van der Waals surface area (Å²) < 4.78 is 10.8. The monoisotopic (exact) mass is 480 g/mol. The summed E-state index contributed by atoms with van der Waals surface area (Å²) in [6.45, 7) is 6.44. The van der Waals surface area contributed by atoms with Crippen LogP contribution in [0.5, 0.6) is 5.75 Å². The Labute approximate surface area is 182 Å². The Hall–Kier alpha value is -2.49. The molecule has 1 heterocycles. The maximum atomic E-state index is 12.7. The maximum absolute atomic E-state index is 12.7. The van der Waals surface area contributed by atoms with Gasteiger partial charge < -0.3 is 9.47 Å². The van der Waals surface area contributed by atoms with Crippen molar-refractivity contribution >= 4 is 27.6 Å². The molecule has 3 rings (SSSR count). The van der Waals surface area contributed by atoms with Crippen LogP contribution in [-0.4, -0.2) is 39.3 Å². The lowest BCUT2D eigenvalue weighted by Crippen LogP contribution is -2.38. The highest BCUT2D eigenvalue weighted by Gasteiger charge is 2.36. The van der Waals surface area contributed by atoms with Crippen LogP contribution in [0.4, 0.5) is 5.69 Å². The van der Waals surface area contributed by atoms with Crippen LogP contribution in [0.15, 0.2) is 18.2 Å². The molecule has 1 saturated carbocycles. The quantitative estimate of drug-likeness (QED) is 0.280. The van der Waals surface area contributed by atoms with Crippen molar-refractivity contribution < 1.29 is 19.2 Å². The van der Waals surface area contributed by atoms with Crippen LogP contribution in [0.25, 0.3) is 11.4 Å². The van der Waals surface area contributed by atoms with Crippen molar-refractivity contribution in [2.24, 2.45) is 17.8 Å². The Bertz CT molecular complexity index is 922. The number of aromatic amines is 1. The van der Waals surface area contributed by atoms with Gasteiger partial charge in [-0.2, -0.15) is 5.10 Å². The van der Waals surface area contributed by atoms with Crippen LogP contribution < -0.4 is 4.74 Å². The zero-order valence-corrected chi connectivity index (χ0v) is 18.9. The molecular formula is C20H25BrN4O5. The molecule has 3 unspecified atom stereocenters. The van der Waals surface area contributed by atoms with Gasteiger partial charge in [-0.15, -0.1) is 0 Å². The molecule has 3 atom stereocenters. The molecule has 1 aliphatic rings. The molecule has 10 heteroatoms. The molecule has 162 valence electrons. The minimum absolute atomic E-state index is 0.139. The van der Waals surface area contributed by atoms with E-state index in [1.54, 1.807) is 6.07 Å². The number of nitrogens with zero attached hydrogens (tertiary/aromatic N) is 3. The van der Waals surface area contributed by atoms with Gasteiger partial charge in [0.2, 0.25) is 0 Å². The number of halogens is 1. The van der Waals surface area contributed by atoms with E-state index in [1.807, 2.05) is 0 Å². The molecule has 0 spiro atoms. The molecular weight excluding hydrogens is 456 g/mol. The largest absolute Gasteiger partial charge is 0.490 e. The second-order valence-corrected chi connectivity index (χ2v) is 8.90. The van der Waals surface area contributed by atoms with Crippen LogP contribution in [0.3, 0.4) is 0 Å². The van der Waals surface area contributed by atoms with E-state index in [9.17, 15) is 14.9 Å². The Balaban J connectivity index is 1.75. The third-order valence-electron chi connectivity index (χ3n) is 5.51. The lowest BCUT2D eigenvalue weighted by molar-refractivity contribution is -0.385. The van der Waals surface area contributed by atoms with Gasteiger partial charge in [0.05, 0.1) is 12.0 Å². The number of hydrogen-bond acceptors (Lipinski definition) is 7. The highest BCUT2D eigenvalue weighted by molar-refractivity contribution is 9.09. The van der Waals surface area contributed by atoms with Crippen molar-refractivity contribution in [3.8, 4) is 17.1 Å². The van der Waals surface area contributed by atoms with Gasteiger partial charge >= 0.3 is 11.7 Å². The Morgan fingerprint density at radius 3 is 2.57 bits per heavy atom. The average Bonchev–Trinajstić information content (AvgIpc) is 3.19. The number of aromatic nitrogens is 3. The lowest BCUT2D eigenvalue weighted by Gasteiger charge is -2.37. The highest BCUT2D eigenvalue weighted by Crippen LogP contribution is 2.36. The summed E-state index contributed by atoms with van der Waals surface area (Å²) in [7, 11) is 1.36. The first kappa shape index (κ1) is 22.2. The molecule has 0 saturated heterocycles. The van der Waals surface area contributed by atoms with Gasteiger partial charge in [0.15, 0.2) is 16.4 Å². The Morgan fingerprint density at radius 2 is 1.97 bits per heavy atom. The molecule has 0 amide bonds. The number of H-pyrrole nitrogens is 1. The number of ether oxygens (including phenoxy) is 2. The van der Waals surface area contributed by atoms with Crippen molar-refractivity contribution in [1.29, 1.82) is 0 Å². The molecule has 0 bridgehead atoms. The van der Waals surface area contributed by atoms with Crippen LogP contribution in [0, 0.1) is 27.9 Å². The number of carbonyl (C=O) groups is 1. The van der Waals surface area contributed by atoms with Gasteiger partial charge in [0.1, 0.15) is 11.9 Å². The smallest absolute Gasteiger partial charge is 0.327 e. The Kier molecular flexibility index (Phi) is 6.74. The van der Waals surface area contributed by atoms with Crippen molar-refractivity contribution in [1.82, 2.24) is 15.2 Å². The summed E-state index contributed by atoms with van der Waals surface area (Å²) in [5, 5.41) is 18.1. The minimum atomic E-state index is -0.814. The molecule has 1 aliphatic carbocycles. The van der Waals surface area contributed by atoms with Gasteiger partial charge in [-0.1, -0.05) is 36.7 Å². The van der Waals surface area contributed by atoms with Gasteiger partial charge in [-0.3, -0.25) is 20.0 Å². The van der Waals surface area contributed by atoms with Gasteiger partial charge in [-0.25, -0.2) is 4.98 Å². The van der Waals surface area contributed by atoms with Gasteiger partial charge in [-0.05, 0) is 42.7 Å². The third-order valence-corrected chi connectivity index (χ3v) is 6.31. The molecule has 1 aromatic carbocycles. The third kappa shape index (κ3) is 4.63. The predicted molar refractivity (Wildman–Crippen MR) is 113 cm³/mol. The normalized spacial score (nSPS) is 24.8. The molecule has 1 fully saturated rings. The zero-order chi connectivity index (χ0) is 22.0. The number of esters is 1. The minimum Gasteiger partial charge on any atom is -0.490 e. The summed E-state index contributed by atoms with van der Waals surface area (Å²) in [6, 6.07) is 4.43. The van der Waals surface area contributed by atoms with E-state index >= 15 is 0 Å². The van der Waals surface area contributed by atoms with E-state index in [-0.39, 0.29) is 41.0 Å². The number of rotatable bonds is 6. The van der Waals surface area contributed by atoms with E-state index in [4.69, 9.17) is 9.47 Å². The fraction of sp³-hybridized carbons (Fsp3) is 0.550. The fourth-order valence-electron chi connectivity index (χ4n) is 4.22. The molecule has 0 radical (unpaired) electrons. The average molecular weight is 481 g/mol. The first-order valence-electron chi connectivity index (χ1n) is 9.80. The number of benzene rings is 1. The van der Waals surface area contributed by atoms with E-state index in [1.165, 1.54) is 19.2 Å². The topological polar surface area (TPSA) is 120 Å². The number of nitro benzene ring substituents is 1. The summed E-state index contributed by atoms with van der Waals surface area (Å²) in [5.41, 5.74) is 0.243. The maximum Gasteiger partial charge on any atom is 0.327 e. The number of nitro groups is 1. The van der Waals surface area contributed by atoms with Crippen LogP contribution >= 0.6 is 15.9 Å². The molecule has 1 aromatic heterocycles.